The highest BCUT2D eigenvalue weighted by Gasteiger charge is 2.29. The third-order valence-corrected chi connectivity index (χ3v) is 5.77. The number of sulfonamides is 1. The highest BCUT2D eigenvalue weighted by molar-refractivity contribution is 7.89. The fraction of sp³-hybridized carbons (Fsp3) is 0.533. The molecule has 1 unspecified atom stereocenters. The van der Waals surface area contributed by atoms with Crippen molar-refractivity contribution in [1.29, 1.82) is 0 Å². The molecule has 2 rings (SSSR count). The minimum atomic E-state index is -3.48. The number of likely N-dealkylation sites (N-methyl/N-ethyl adjacent to an activating group) is 1. The number of amides is 1. The van der Waals surface area contributed by atoms with Crippen LogP contribution in [0.2, 0.25) is 0 Å². The van der Waals surface area contributed by atoms with Crippen LogP contribution >= 0.6 is 0 Å². The monoisotopic (exact) mass is 325 g/mol. The van der Waals surface area contributed by atoms with E-state index >= 15 is 0 Å². The second-order valence-corrected chi connectivity index (χ2v) is 7.35. The molecule has 1 atom stereocenters. The van der Waals surface area contributed by atoms with E-state index in [0.29, 0.717) is 25.2 Å². The van der Waals surface area contributed by atoms with Crippen LogP contribution in [0.1, 0.15) is 26.2 Å². The zero-order valence-corrected chi connectivity index (χ0v) is 13.8. The molecular weight excluding hydrogens is 302 g/mol. The summed E-state index contributed by atoms with van der Waals surface area (Å²) in [5.74, 6) is -0.0940. The van der Waals surface area contributed by atoms with Crippen LogP contribution in [0.3, 0.4) is 0 Å². The molecule has 6 nitrogen and oxygen atoms in total. The van der Waals surface area contributed by atoms with Gasteiger partial charge in [0.25, 0.3) is 0 Å². The average molecular weight is 325 g/mol. The van der Waals surface area contributed by atoms with Gasteiger partial charge in [-0.05, 0) is 44.2 Å². The minimum absolute atomic E-state index is 0.0940. The van der Waals surface area contributed by atoms with Crippen molar-refractivity contribution < 1.29 is 13.2 Å². The predicted molar refractivity (Wildman–Crippen MR) is 86.2 cm³/mol. The van der Waals surface area contributed by atoms with Gasteiger partial charge in [0, 0.05) is 31.2 Å². The Morgan fingerprint density at radius 1 is 1.32 bits per heavy atom. The summed E-state index contributed by atoms with van der Waals surface area (Å²) in [4.78, 5) is 11.6. The van der Waals surface area contributed by atoms with Gasteiger partial charge in [-0.25, -0.2) is 8.42 Å². The molecule has 1 saturated heterocycles. The maximum atomic E-state index is 12.6. The summed E-state index contributed by atoms with van der Waals surface area (Å²) in [6, 6.07) is 6.54. The SMILES string of the molecule is CCC(=O)Nc1ccc(S(=O)(=O)N2CCCC(NC)C2)cc1. The Labute approximate surface area is 131 Å². The lowest BCUT2D eigenvalue weighted by Gasteiger charge is -2.31. The molecule has 1 aromatic rings. The van der Waals surface area contributed by atoms with Crippen molar-refractivity contribution in [2.75, 3.05) is 25.5 Å². The Morgan fingerprint density at radius 3 is 2.59 bits per heavy atom. The number of hydrogen-bond donors (Lipinski definition) is 2. The number of piperidine rings is 1. The number of rotatable bonds is 5. The quantitative estimate of drug-likeness (QED) is 0.858. The summed E-state index contributed by atoms with van der Waals surface area (Å²) < 4.78 is 26.8. The Bertz CT molecular complexity index is 613. The van der Waals surface area contributed by atoms with Gasteiger partial charge in [0.15, 0.2) is 0 Å². The van der Waals surface area contributed by atoms with Gasteiger partial charge in [0.1, 0.15) is 0 Å². The smallest absolute Gasteiger partial charge is 0.243 e. The van der Waals surface area contributed by atoms with Crippen LogP contribution in [0.4, 0.5) is 5.69 Å². The Morgan fingerprint density at radius 2 is 2.00 bits per heavy atom. The van der Waals surface area contributed by atoms with Crippen LogP contribution in [0, 0.1) is 0 Å². The van der Waals surface area contributed by atoms with Gasteiger partial charge in [0.2, 0.25) is 15.9 Å². The van der Waals surface area contributed by atoms with Gasteiger partial charge in [-0.15, -0.1) is 0 Å². The Kier molecular flexibility index (Phi) is 5.55. The summed E-state index contributed by atoms with van der Waals surface area (Å²) >= 11 is 0. The van der Waals surface area contributed by atoms with Crippen molar-refractivity contribution in [1.82, 2.24) is 9.62 Å². The van der Waals surface area contributed by atoms with E-state index in [9.17, 15) is 13.2 Å². The van der Waals surface area contributed by atoms with E-state index in [-0.39, 0.29) is 16.8 Å². The van der Waals surface area contributed by atoms with Crippen molar-refractivity contribution in [2.45, 2.75) is 37.1 Å². The minimum Gasteiger partial charge on any atom is -0.326 e. The highest BCUT2D eigenvalue weighted by Crippen LogP contribution is 2.22. The molecule has 0 aromatic heterocycles. The van der Waals surface area contributed by atoms with Crippen molar-refractivity contribution >= 4 is 21.6 Å². The number of hydrogen-bond acceptors (Lipinski definition) is 4. The van der Waals surface area contributed by atoms with Gasteiger partial charge in [0.05, 0.1) is 4.90 Å². The fourth-order valence-electron chi connectivity index (χ4n) is 2.51. The van der Waals surface area contributed by atoms with Crippen LogP contribution in [0.15, 0.2) is 29.2 Å². The van der Waals surface area contributed by atoms with Crippen molar-refractivity contribution in [3.63, 3.8) is 0 Å². The molecule has 1 amide bonds. The summed E-state index contributed by atoms with van der Waals surface area (Å²) in [6.07, 6.45) is 2.24. The first kappa shape index (κ1) is 16.9. The molecule has 0 saturated carbocycles. The third-order valence-electron chi connectivity index (χ3n) is 3.89. The maximum absolute atomic E-state index is 12.6. The number of benzene rings is 1. The van der Waals surface area contributed by atoms with Crippen LogP contribution in [-0.4, -0.2) is 44.8 Å². The number of nitrogens with one attached hydrogen (secondary N) is 2. The molecular formula is C15H23N3O3S. The van der Waals surface area contributed by atoms with Gasteiger partial charge in [-0.3, -0.25) is 4.79 Å². The lowest BCUT2D eigenvalue weighted by Crippen LogP contribution is -2.46. The van der Waals surface area contributed by atoms with Gasteiger partial charge < -0.3 is 10.6 Å². The van der Waals surface area contributed by atoms with Crippen LogP contribution in [0.25, 0.3) is 0 Å². The molecule has 1 fully saturated rings. The van der Waals surface area contributed by atoms with Crippen molar-refractivity contribution in [3.05, 3.63) is 24.3 Å². The molecule has 1 aliphatic heterocycles. The molecule has 7 heteroatoms. The lowest BCUT2D eigenvalue weighted by atomic mass is 10.1. The van der Waals surface area contributed by atoms with Gasteiger partial charge in [-0.1, -0.05) is 6.92 Å². The largest absolute Gasteiger partial charge is 0.326 e. The topological polar surface area (TPSA) is 78.5 Å². The molecule has 0 radical (unpaired) electrons. The van der Waals surface area contributed by atoms with E-state index in [4.69, 9.17) is 0 Å². The number of carbonyl (C=O) groups excluding carboxylic acids is 1. The first-order chi connectivity index (χ1) is 10.5. The van der Waals surface area contributed by atoms with Crippen LogP contribution in [0.5, 0.6) is 0 Å². The van der Waals surface area contributed by atoms with E-state index in [1.165, 1.54) is 4.31 Å². The fourth-order valence-corrected chi connectivity index (χ4v) is 4.03. The zero-order valence-electron chi connectivity index (χ0n) is 13.0. The second kappa shape index (κ2) is 7.21. The summed E-state index contributed by atoms with van der Waals surface area (Å²) in [7, 11) is -1.62. The molecule has 22 heavy (non-hydrogen) atoms. The lowest BCUT2D eigenvalue weighted by molar-refractivity contribution is -0.115. The number of carbonyl (C=O) groups is 1. The average Bonchev–Trinajstić information content (AvgIpc) is 2.55. The van der Waals surface area contributed by atoms with Crippen molar-refractivity contribution in [2.24, 2.45) is 0 Å². The Hall–Kier alpha value is -1.44. The van der Waals surface area contributed by atoms with E-state index < -0.39 is 10.0 Å². The van der Waals surface area contributed by atoms with Gasteiger partial charge in [-0.2, -0.15) is 4.31 Å². The Balaban J connectivity index is 2.14. The predicted octanol–water partition coefficient (Wildman–Crippen LogP) is 1.41. The van der Waals surface area contributed by atoms with Crippen LogP contribution in [-0.2, 0) is 14.8 Å². The molecule has 122 valence electrons. The zero-order chi connectivity index (χ0) is 16.2. The molecule has 1 aliphatic rings. The highest BCUT2D eigenvalue weighted by atomic mass is 32.2. The normalized spacial score (nSPS) is 19.8. The molecule has 1 aromatic carbocycles. The maximum Gasteiger partial charge on any atom is 0.243 e. The summed E-state index contributed by atoms with van der Waals surface area (Å²) in [5, 5.41) is 5.85. The first-order valence-electron chi connectivity index (χ1n) is 7.54. The summed E-state index contributed by atoms with van der Waals surface area (Å²) in [6.45, 7) is 2.81. The second-order valence-electron chi connectivity index (χ2n) is 5.42. The standard InChI is InChI=1S/C15H23N3O3S/c1-3-15(19)17-12-6-8-14(9-7-12)22(20,21)18-10-4-5-13(11-18)16-2/h6-9,13,16H,3-5,10-11H2,1-2H3,(H,17,19). The van der Waals surface area contributed by atoms with E-state index in [2.05, 4.69) is 10.6 Å². The first-order valence-corrected chi connectivity index (χ1v) is 8.98. The molecule has 0 bridgehead atoms. The molecule has 0 spiro atoms. The van der Waals surface area contributed by atoms with E-state index in [0.717, 1.165) is 12.8 Å². The number of nitrogens with zero attached hydrogens (tertiary/aromatic N) is 1. The molecule has 2 N–H and O–H groups in total. The molecule has 0 aliphatic carbocycles. The van der Waals surface area contributed by atoms with E-state index in [1.807, 2.05) is 7.05 Å². The summed E-state index contributed by atoms with van der Waals surface area (Å²) in [5.41, 5.74) is 0.609. The molecule has 1 heterocycles. The van der Waals surface area contributed by atoms with E-state index in [1.54, 1.807) is 31.2 Å². The van der Waals surface area contributed by atoms with Gasteiger partial charge >= 0.3 is 0 Å². The van der Waals surface area contributed by atoms with Crippen molar-refractivity contribution in [3.8, 4) is 0 Å². The number of anilines is 1. The van der Waals surface area contributed by atoms with Crippen LogP contribution < -0.4 is 10.6 Å². The third kappa shape index (κ3) is 3.85.